The Hall–Kier alpha value is -3.79. The van der Waals surface area contributed by atoms with Crippen LogP contribution in [0, 0.1) is 11.6 Å². The number of piperazine rings is 1. The summed E-state index contributed by atoms with van der Waals surface area (Å²) in [5.41, 5.74) is 0.792. The van der Waals surface area contributed by atoms with Crippen LogP contribution in [0.15, 0.2) is 42.5 Å². The zero-order chi connectivity index (χ0) is 25.2. The van der Waals surface area contributed by atoms with E-state index in [1.54, 1.807) is 19.2 Å². The largest absolute Gasteiger partial charge is 0.493 e. The van der Waals surface area contributed by atoms with Gasteiger partial charge in [0.2, 0.25) is 11.8 Å². The van der Waals surface area contributed by atoms with Gasteiger partial charge in [-0.25, -0.2) is 13.8 Å². The van der Waals surface area contributed by atoms with Crippen LogP contribution in [0.3, 0.4) is 0 Å². The summed E-state index contributed by atoms with van der Waals surface area (Å²) >= 11 is 0. The zero-order valence-electron chi connectivity index (χ0n) is 20.2. The molecule has 0 radical (unpaired) electrons. The molecule has 1 amide bonds. The van der Waals surface area contributed by atoms with Crippen molar-refractivity contribution in [2.45, 2.75) is 13.0 Å². The summed E-state index contributed by atoms with van der Waals surface area (Å²) in [6, 6.07) is 10.6. The quantitative estimate of drug-likeness (QED) is 0.537. The summed E-state index contributed by atoms with van der Waals surface area (Å²) in [6.07, 6.45) is 0.405. The first-order chi connectivity index (χ1) is 17.4. The summed E-state index contributed by atoms with van der Waals surface area (Å²) < 4.78 is 40.3. The number of carbonyl (C=O) groups is 1. The Morgan fingerprint density at radius 3 is 2.31 bits per heavy atom. The number of aromatic nitrogens is 2. The molecule has 1 fully saturated rings. The molecule has 2 aromatic carbocycles. The Morgan fingerprint density at radius 1 is 0.917 bits per heavy atom. The number of halogens is 2. The maximum absolute atomic E-state index is 14.3. The van der Waals surface area contributed by atoms with Crippen molar-refractivity contribution < 1.29 is 23.0 Å². The molecule has 3 aromatic rings. The van der Waals surface area contributed by atoms with Gasteiger partial charge >= 0.3 is 0 Å². The minimum Gasteiger partial charge on any atom is -0.493 e. The van der Waals surface area contributed by atoms with Crippen LogP contribution in [0.5, 0.6) is 17.4 Å². The molecule has 5 rings (SSSR count). The van der Waals surface area contributed by atoms with Gasteiger partial charge in [-0.05, 0) is 31.3 Å². The maximum Gasteiger partial charge on any atom is 0.260 e. The highest BCUT2D eigenvalue weighted by Crippen LogP contribution is 2.36. The topological polar surface area (TPSA) is 71.0 Å². The first-order valence-electron chi connectivity index (χ1n) is 11.8. The van der Waals surface area contributed by atoms with Gasteiger partial charge < -0.3 is 24.2 Å². The van der Waals surface area contributed by atoms with Crippen molar-refractivity contribution in [3.05, 3.63) is 70.9 Å². The molecule has 0 spiro atoms. The number of fused-ring (bicyclic) bond motifs is 1. The Labute approximate surface area is 208 Å². The van der Waals surface area contributed by atoms with Gasteiger partial charge in [0.1, 0.15) is 17.2 Å². The first kappa shape index (κ1) is 23.9. The Balaban J connectivity index is 1.51. The van der Waals surface area contributed by atoms with Crippen LogP contribution in [0.2, 0.25) is 0 Å². The monoisotopic (exact) mass is 495 g/mol. The SMILES string of the molecule is COc1ccccc1Oc1nc(N2CCN(C)CC2)nc2c1CN(C(=O)c1c(F)cccc1F)CC2. The minimum absolute atomic E-state index is 0.0649. The Morgan fingerprint density at radius 2 is 1.61 bits per heavy atom. The third kappa shape index (κ3) is 4.68. The van der Waals surface area contributed by atoms with E-state index < -0.39 is 23.1 Å². The van der Waals surface area contributed by atoms with E-state index in [9.17, 15) is 13.6 Å². The number of ether oxygens (including phenoxy) is 2. The molecule has 1 aromatic heterocycles. The summed E-state index contributed by atoms with van der Waals surface area (Å²) in [4.78, 5) is 28.4. The van der Waals surface area contributed by atoms with Crippen molar-refractivity contribution >= 4 is 11.9 Å². The van der Waals surface area contributed by atoms with Crippen molar-refractivity contribution in [1.82, 2.24) is 19.8 Å². The molecule has 10 heteroatoms. The molecule has 36 heavy (non-hydrogen) atoms. The fourth-order valence-electron chi connectivity index (χ4n) is 4.44. The van der Waals surface area contributed by atoms with Gasteiger partial charge in [-0.3, -0.25) is 4.79 Å². The number of rotatable bonds is 5. The van der Waals surface area contributed by atoms with E-state index in [1.165, 1.54) is 11.0 Å². The van der Waals surface area contributed by atoms with Gasteiger partial charge in [0.25, 0.3) is 5.91 Å². The van der Waals surface area contributed by atoms with Crippen molar-refractivity contribution in [2.24, 2.45) is 0 Å². The minimum atomic E-state index is -0.891. The van der Waals surface area contributed by atoms with Gasteiger partial charge in [0.15, 0.2) is 11.5 Å². The van der Waals surface area contributed by atoms with Gasteiger partial charge in [0, 0.05) is 39.1 Å². The second-order valence-electron chi connectivity index (χ2n) is 8.87. The third-order valence-electron chi connectivity index (χ3n) is 6.54. The van der Waals surface area contributed by atoms with E-state index in [2.05, 4.69) is 16.8 Å². The number of nitrogens with zero attached hydrogens (tertiary/aromatic N) is 5. The van der Waals surface area contributed by atoms with Gasteiger partial charge in [-0.2, -0.15) is 4.98 Å². The molecule has 8 nitrogen and oxygen atoms in total. The van der Waals surface area contributed by atoms with Crippen molar-refractivity contribution in [3.8, 4) is 17.4 Å². The first-order valence-corrected chi connectivity index (χ1v) is 11.8. The number of para-hydroxylation sites is 2. The molecule has 0 bridgehead atoms. The molecule has 0 atom stereocenters. The van der Waals surface area contributed by atoms with Crippen molar-refractivity contribution in [2.75, 3.05) is 51.8 Å². The number of likely N-dealkylation sites (N-methyl/N-ethyl adjacent to an activating group) is 1. The van der Waals surface area contributed by atoms with E-state index in [0.29, 0.717) is 35.3 Å². The molecule has 2 aliphatic heterocycles. The average Bonchev–Trinajstić information content (AvgIpc) is 2.89. The molecular formula is C26H27F2N5O3. The van der Waals surface area contributed by atoms with Crippen molar-refractivity contribution in [3.63, 3.8) is 0 Å². The Bertz CT molecular complexity index is 1260. The smallest absolute Gasteiger partial charge is 0.260 e. The van der Waals surface area contributed by atoms with E-state index in [-0.39, 0.29) is 13.1 Å². The summed E-state index contributed by atoms with van der Waals surface area (Å²) in [5, 5.41) is 0. The number of benzene rings is 2. The van der Waals surface area contributed by atoms with Crippen LogP contribution in [0.4, 0.5) is 14.7 Å². The predicted molar refractivity (Wildman–Crippen MR) is 130 cm³/mol. The van der Waals surface area contributed by atoms with E-state index in [1.807, 2.05) is 12.1 Å². The van der Waals surface area contributed by atoms with Crippen LogP contribution in [0.1, 0.15) is 21.6 Å². The number of hydrogen-bond donors (Lipinski definition) is 0. The number of anilines is 1. The van der Waals surface area contributed by atoms with Crippen LogP contribution in [-0.2, 0) is 13.0 Å². The standard InChI is InChI=1S/C26H27F2N5O3/c1-31-12-14-32(15-13-31)26-29-20-10-11-33(25(34)23-18(27)6-5-7-19(23)28)16-17(20)24(30-26)36-22-9-4-3-8-21(22)35-2/h3-9H,10-16H2,1-2H3. The van der Waals surface area contributed by atoms with Crippen LogP contribution in [0.25, 0.3) is 0 Å². The average molecular weight is 496 g/mol. The fourth-order valence-corrected chi connectivity index (χ4v) is 4.44. The molecule has 0 saturated carbocycles. The predicted octanol–water partition coefficient (Wildman–Crippen LogP) is 3.51. The Kier molecular flexibility index (Phi) is 6.69. The second kappa shape index (κ2) is 10.1. The lowest BCUT2D eigenvalue weighted by atomic mass is 10.0. The van der Waals surface area contributed by atoms with E-state index in [0.717, 1.165) is 44.0 Å². The number of hydrogen-bond acceptors (Lipinski definition) is 7. The number of methoxy groups -OCH3 is 1. The molecule has 0 unspecified atom stereocenters. The highest BCUT2D eigenvalue weighted by Gasteiger charge is 2.31. The third-order valence-corrected chi connectivity index (χ3v) is 6.54. The summed E-state index contributed by atoms with van der Waals surface area (Å²) in [6.45, 7) is 3.67. The second-order valence-corrected chi connectivity index (χ2v) is 8.87. The van der Waals surface area contributed by atoms with Gasteiger partial charge in [0.05, 0.1) is 24.9 Å². The lowest BCUT2D eigenvalue weighted by molar-refractivity contribution is 0.0722. The van der Waals surface area contributed by atoms with E-state index >= 15 is 0 Å². The summed E-state index contributed by atoms with van der Waals surface area (Å²) in [7, 11) is 3.63. The van der Waals surface area contributed by atoms with Crippen LogP contribution >= 0.6 is 0 Å². The molecule has 1 saturated heterocycles. The fraction of sp³-hybridized carbons (Fsp3) is 0.346. The van der Waals surface area contributed by atoms with Crippen LogP contribution < -0.4 is 14.4 Å². The maximum atomic E-state index is 14.3. The molecular weight excluding hydrogens is 468 g/mol. The highest BCUT2D eigenvalue weighted by molar-refractivity contribution is 5.95. The zero-order valence-corrected chi connectivity index (χ0v) is 20.2. The number of amides is 1. The van der Waals surface area contributed by atoms with Gasteiger partial charge in [-0.15, -0.1) is 0 Å². The van der Waals surface area contributed by atoms with Gasteiger partial charge in [-0.1, -0.05) is 18.2 Å². The molecule has 188 valence electrons. The molecule has 3 heterocycles. The lowest BCUT2D eigenvalue weighted by Gasteiger charge is -2.34. The van der Waals surface area contributed by atoms with E-state index in [4.69, 9.17) is 19.4 Å². The van der Waals surface area contributed by atoms with Crippen molar-refractivity contribution in [1.29, 1.82) is 0 Å². The summed E-state index contributed by atoms with van der Waals surface area (Å²) in [5.74, 6) is -0.646. The molecule has 0 N–H and O–H groups in total. The molecule has 0 aliphatic carbocycles. The van der Waals surface area contributed by atoms with Crippen LogP contribution in [-0.4, -0.2) is 72.6 Å². The molecule has 2 aliphatic rings. The highest BCUT2D eigenvalue weighted by atomic mass is 19.1. The normalized spacial score (nSPS) is 16.0. The lowest BCUT2D eigenvalue weighted by Crippen LogP contribution is -2.45. The number of carbonyl (C=O) groups excluding carboxylic acids is 1.